The number of carbonyl (C=O) groups excluding carboxylic acids is 1. The quantitative estimate of drug-likeness (QED) is 0.137. The van der Waals surface area contributed by atoms with Gasteiger partial charge in [-0.3, -0.25) is 24.2 Å². The van der Waals surface area contributed by atoms with Gasteiger partial charge in [0.05, 0.1) is 54.4 Å². The summed E-state index contributed by atoms with van der Waals surface area (Å²) in [7, 11) is 0. The molecule has 5 atom stereocenters. The van der Waals surface area contributed by atoms with Crippen LogP contribution in [0.5, 0.6) is 0 Å². The van der Waals surface area contributed by atoms with Crippen LogP contribution in [0, 0.1) is 11.8 Å². The second-order valence-electron chi connectivity index (χ2n) is 18.2. The molecule has 5 fully saturated rings. The van der Waals surface area contributed by atoms with Crippen molar-refractivity contribution in [3.05, 3.63) is 72.7 Å². The Balaban J connectivity index is 0.680. The number of halogens is 2. The fourth-order valence-electron chi connectivity index (χ4n) is 10.9. The van der Waals surface area contributed by atoms with Gasteiger partial charge in [-0.2, -0.15) is 15.3 Å². The second-order valence-corrected chi connectivity index (χ2v) is 18.2. The molecule has 17 nitrogen and oxygen atoms in total. The van der Waals surface area contributed by atoms with Crippen molar-refractivity contribution < 1.29 is 28.5 Å². The van der Waals surface area contributed by atoms with Gasteiger partial charge < -0.3 is 30.1 Å². The minimum Gasteiger partial charge on any atom is -0.379 e. The Morgan fingerprint density at radius 1 is 0.937 bits per heavy atom. The highest BCUT2D eigenvalue weighted by molar-refractivity contribution is 6.12. The number of likely N-dealkylation sites (tertiary alicyclic amines) is 1. The van der Waals surface area contributed by atoms with E-state index in [0.29, 0.717) is 49.3 Å². The zero-order valence-electron chi connectivity index (χ0n) is 35.0. The molecule has 1 aliphatic carbocycles. The van der Waals surface area contributed by atoms with Gasteiger partial charge in [-0.1, -0.05) is 12.1 Å². The standard InChI is InChI=1S/C44H53F2N13O4/c45-40(46)39-34(50-44(62)38-41-47-13-2-14-57(41)53-42(38)56-23-31-17-30(56)25-63-31)24-58(52-39)29-7-5-26(6-8-29)20-54-15-11-27(12-16-54)21-55-22-28(18-48-55)32-3-1-4-35-33(32)19-49-59(35)36-9-10-37(60)51-43(36)61/h1-4,13-14,18-19,22,24,26-27,29-31,36-37,40,43,51,60-61H,5-12,15-17,20-21,23,25H2,(H,50,62)/t26?,29?,30-,31-,36-,37-,43-/m1/s1. The van der Waals surface area contributed by atoms with Gasteiger partial charge in [0.25, 0.3) is 12.3 Å². The number of hydrogen-bond donors (Lipinski definition) is 4. The Kier molecular flexibility index (Phi) is 10.7. The molecule has 1 amide bonds. The van der Waals surface area contributed by atoms with Gasteiger partial charge in [0.15, 0.2) is 17.2 Å². The summed E-state index contributed by atoms with van der Waals surface area (Å²) >= 11 is 0. The molecule has 4 saturated heterocycles. The van der Waals surface area contributed by atoms with Crippen molar-refractivity contribution in [2.75, 3.05) is 43.0 Å². The Labute approximate surface area is 362 Å². The van der Waals surface area contributed by atoms with E-state index >= 15 is 0 Å². The van der Waals surface area contributed by atoms with Gasteiger partial charge in [-0.15, -0.1) is 5.10 Å². The number of nitrogens with one attached hydrogen (secondary N) is 2. The molecule has 11 rings (SSSR count). The molecular formula is C44H53F2N13O4. The first-order valence-electron chi connectivity index (χ1n) is 22.5. The van der Waals surface area contributed by atoms with Crippen LogP contribution in [0.3, 0.4) is 0 Å². The highest BCUT2D eigenvalue weighted by Crippen LogP contribution is 2.39. The highest BCUT2D eigenvalue weighted by atomic mass is 19.3. The van der Waals surface area contributed by atoms with Gasteiger partial charge >= 0.3 is 0 Å². The number of aliphatic hydroxyl groups is 2. The average molecular weight is 866 g/mol. The van der Waals surface area contributed by atoms with Crippen molar-refractivity contribution in [1.82, 2.24) is 54.2 Å². The number of benzene rings is 1. The zero-order chi connectivity index (χ0) is 42.8. The van der Waals surface area contributed by atoms with Crippen molar-refractivity contribution >= 4 is 34.0 Å². The van der Waals surface area contributed by atoms with Crippen molar-refractivity contribution in [1.29, 1.82) is 0 Å². The van der Waals surface area contributed by atoms with Crippen molar-refractivity contribution in [3.63, 3.8) is 0 Å². The van der Waals surface area contributed by atoms with E-state index in [4.69, 9.17) is 9.84 Å². The third-order valence-electron chi connectivity index (χ3n) is 14.2. The number of aliphatic hydroxyl groups excluding tert-OH is 2. The predicted molar refractivity (Wildman–Crippen MR) is 228 cm³/mol. The number of carbonyl (C=O) groups is 1. The SMILES string of the molecule is O=C(Nc1cn(C2CCC(CN3CCC(Cn4cc(-c5cccc6c5cnn6[C@@H]5CC[C@@H](O)N[C@@H]5O)cn4)CC3)CC2)nc1C(F)F)c1c(N2C[C@H]3C[C@@H]2CO3)nn2cccnc12. The van der Waals surface area contributed by atoms with Crippen LogP contribution < -0.4 is 15.5 Å². The largest absolute Gasteiger partial charge is 0.379 e. The Morgan fingerprint density at radius 3 is 2.56 bits per heavy atom. The van der Waals surface area contributed by atoms with Crippen LogP contribution in [0.15, 0.2) is 61.4 Å². The smallest absolute Gasteiger partial charge is 0.284 e. The minimum atomic E-state index is -2.85. The molecule has 5 aromatic heterocycles. The third kappa shape index (κ3) is 7.76. The first kappa shape index (κ1) is 40.4. The fourth-order valence-corrected chi connectivity index (χ4v) is 10.9. The predicted octanol–water partition coefficient (Wildman–Crippen LogP) is 5.01. The molecule has 332 valence electrons. The van der Waals surface area contributed by atoms with Crippen LogP contribution in [0.1, 0.15) is 92.3 Å². The summed E-state index contributed by atoms with van der Waals surface area (Å²) in [6.45, 7) is 5.12. The molecule has 0 spiro atoms. The van der Waals surface area contributed by atoms with Crippen LogP contribution in [0.25, 0.3) is 27.7 Å². The lowest BCUT2D eigenvalue weighted by Crippen LogP contribution is -2.48. The van der Waals surface area contributed by atoms with Crippen LogP contribution in [-0.4, -0.2) is 122 Å². The molecular weight excluding hydrogens is 813 g/mol. The summed E-state index contributed by atoms with van der Waals surface area (Å²) in [4.78, 5) is 23.0. The van der Waals surface area contributed by atoms with Crippen LogP contribution in [0.4, 0.5) is 20.3 Å². The molecule has 0 radical (unpaired) electrons. The summed E-state index contributed by atoms with van der Waals surface area (Å²) in [6.07, 6.45) is 14.3. The van der Waals surface area contributed by atoms with E-state index < -0.39 is 30.5 Å². The van der Waals surface area contributed by atoms with Gasteiger partial charge in [-0.25, -0.2) is 18.3 Å². The molecule has 2 bridgehead atoms. The maximum Gasteiger partial charge on any atom is 0.284 e. The lowest BCUT2D eigenvalue weighted by atomic mass is 9.85. The maximum absolute atomic E-state index is 14.4. The molecule has 4 N–H and O–H groups in total. The number of piperidine rings is 2. The number of fused-ring (bicyclic) bond motifs is 4. The molecule has 9 heterocycles. The molecule has 19 heteroatoms. The lowest BCUT2D eigenvalue weighted by Gasteiger charge is -2.36. The molecule has 5 aliphatic rings. The fraction of sp³-hybridized carbons (Fsp3) is 0.545. The summed E-state index contributed by atoms with van der Waals surface area (Å²) in [5.41, 5.74) is 3.22. The number of rotatable bonds is 11. The number of morpholine rings is 1. The summed E-state index contributed by atoms with van der Waals surface area (Å²) in [5.74, 6) is 0.998. The molecule has 0 unspecified atom stereocenters. The molecule has 1 saturated carbocycles. The van der Waals surface area contributed by atoms with E-state index in [1.54, 1.807) is 33.9 Å². The molecule has 4 aliphatic heterocycles. The Bertz CT molecular complexity index is 2590. The molecule has 6 aromatic rings. The van der Waals surface area contributed by atoms with E-state index in [-0.39, 0.29) is 35.5 Å². The number of ether oxygens (including phenoxy) is 1. The van der Waals surface area contributed by atoms with Gasteiger partial charge in [0, 0.05) is 55.4 Å². The zero-order valence-corrected chi connectivity index (χ0v) is 35.0. The maximum atomic E-state index is 14.4. The normalized spacial score (nSPS) is 27.1. The first-order valence-corrected chi connectivity index (χ1v) is 22.5. The average Bonchev–Trinajstić information content (AvgIpc) is 4.16. The summed E-state index contributed by atoms with van der Waals surface area (Å²) < 4.78 is 41.8. The van der Waals surface area contributed by atoms with E-state index in [1.807, 2.05) is 29.2 Å². The van der Waals surface area contributed by atoms with E-state index in [1.165, 1.54) is 0 Å². The Hall–Kier alpha value is -5.34. The number of aromatic nitrogens is 9. The van der Waals surface area contributed by atoms with Gasteiger partial charge in [0.2, 0.25) is 0 Å². The van der Waals surface area contributed by atoms with Crippen molar-refractivity contribution in [3.8, 4) is 11.1 Å². The monoisotopic (exact) mass is 865 g/mol. The minimum absolute atomic E-state index is 0.0142. The third-order valence-corrected chi connectivity index (χ3v) is 14.2. The summed E-state index contributed by atoms with van der Waals surface area (Å²) in [6, 6.07) is 7.66. The number of anilines is 2. The first-order chi connectivity index (χ1) is 30.7. The van der Waals surface area contributed by atoms with E-state index in [0.717, 1.165) is 93.2 Å². The molecule has 63 heavy (non-hydrogen) atoms. The van der Waals surface area contributed by atoms with Gasteiger partial charge in [0.1, 0.15) is 18.0 Å². The van der Waals surface area contributed by atoms with E-state index in [2.05, 4.69) is 57.7 Å². The van der Waals surface area contributed by atoms with Crippen LogP contribution in [-0.2, 0) is 11.3 Å². The second kappa shape index (κ2) is 16.7. The van der Waals surface area contributed by atoms with E-state index in [9.17, 15) is 23.8 Å². The number of nitrogens with zero attached hydrogens (tertiary/aromatic N) is 11. The topological polar surface area (TPSA) is 181 Å². The van der Waals surface area contributed by atoms with Gasteiger partial charge in [-0.05, 0) is 100 Å². The Morgan fingerprint density at radius 2 is 1.78 bits per heavy atom. The van der Waals surface area contributed by atoms with Crippen molar-refractivity contribution in [2.45, 2.75) is 107 Å². The lowest BCUT2D eigenvalue weighted by molar-refractivity contribution is -0.0296. The highest BCUT2D eigenvalue weighted by Gasteiger charge is 2.42. The van der Waals surface area contributed by atoms with Crippen LogP contribution >= 0.6 is 0 Å². The van der Waals surface area contributed by atoms with Crippen LogP contribution in [0.2, 0.25) is 0 Å². The summed E-state index contributed by atoms with van der Waals surface area (Å²) in [5, 5.41) is 45.5. The number of alkyl halides is 2. The number of hydrogen-bond acceptors (Lipinski definition) is 12. The number of amides is 1. The van der Waals surface area contributed by atoms with Crippen molar-refractivity contribution in [2.24, 2.45) is 11.8 Å². The molecule has 1 aromatic carbocycles.